The minimum atomic E-state index is -1.01. The van der Waals surface area contributed by atoms with Gasteiger partial charge in [-0.2, -0.15) is 0 Å². The van der Waals surface area contributed by atoms with Crippen molar-refractivity contribution in [1.82, 2.24) is 26.2 Å². The van der Waals surface area contributed by atoms with Crippen molar-refractivity contribution in [3.63, 3.8) is 0 Å². The molecule has 65 heavy (non-hydrogen) atoms. The Kier molecular flexibility index (Phi) is 13.7. The van der Waals surface area contributed by atoms with Gasteiger partial charge in [-0.25, -0.2) is 0 Å². The Hall–Kier alpha value is -5.63. The number of aromatic hydroxyl groups is 1. The minimum Gasteiger partial charge on any atom is -0.507 e. The molecule has 1 saturated heterocycles. The molecule has 2 heterocycles. The van der Waals surface area contributed by atoms with Crippen LogP contribution in [0.3, 0.4) is 0 Å². The lowest BCUT2D eigenvalue weighted by atomic mass is 9.47. The second kappa shape index (κ2) is 19.5. The van der Waals surface area contributed by atoms with Crippen LogP contribution in [-0.4, -0.2) is 85.6 Å². The van der Waals surface area contributed by atoms with E-state index in [-0.39, 0.29) is 55.2 Å². The fraction of sp³-hybridized carbons (Fsp3) is 0.412. The third-order valence-corrected chi connectivity index (χ3v) is 14.3. The number of carbonyl (C=O) groups excluding carboxylic acids is 4. The zero-order valence-electron chi connectivity index (χ0n) is 37.8. The Balaban J connectivity index is 1.02. The summed E-state index contributed by atoms with van der Waals surface area (Å²) in [6, 6.07) is 23.9. The van der Waals surface area contributed by atoms with Crippen LogP contribution in [0, 0.1) is 17.3 Å². The molecule has 6 bridgehead atoms. The second-order valence-electron chi connectivity index (χ2n) is 18.5. The van der Waals surface area contributed by atoms with Crippen LogP contribution in [0.15, 0.2) is 96.7 Å². The lowest BCUT2D eigenvalue weighted by Gasteiger charge is -2.60. The number of amides is 4. The average molecular weight is 900 g/mol. The van der Waals surface area contributed by atoms with E-state index in [2.05, 4.69) is 42.0 Å². The molecule has 12 nitrogen and oxygen atoms in total. The average Bonchev–Trinajstić information content (AvgIpc) is 3.73. The Morgan fingerprint density at radius 1 is 0.938 bits per heavy atom. The van der Waals surface area contributed by atoms with Crippen molar-refractivity contribution in [3.8, 4) is 28.0 Å². The number of likely N-dealkylation sites (N-methyl/N-ethyl adjacent to an activating group) is 1. The number of phenolic OH excluding ortho intramolecular Hbond substituents is 1. The zero-order valence-corrected chi connectivity index (χ0v) is 38.5. The van der Waals surface area contributed by atoms with Crippen LogP contribution in [0.2, 0.25) is 5.02 Å². The molecule has 0 aromatic heterocycles. The number of halogens is 1. The first-order chi connectivity index (χ1) is 31.2. The molecule has 0 spiro atoms. The van der Waals surface area contributed by atoms with Gasteiger partial charge in [-0.1, -0.05) is 94.3 Å². The monoisotopic (exact) mass is 899 g/mol. The summed E-state index contributed by atoms with van der Waals surface area (Å²) in [6.07, 6.45) is 6.48. The number of phenols is 1. The number of carbonyl (C=O) groups is 4. The second-order valence-corrected chi connectivity index (χ2v) is 18.9. The van der Waals surface area contributed by atoms with Crippen LogP contribution < -0.4 is 21.3 Å². The highest BCUT2D eigenvalue weighted by atomic mass is 35.5. The van der Waals surface area contributed by atoms with Gasteiger partial charge in [0.25, 0.3) is 5.91 Å². The van der Waals surface area contributed by atoms with Gasteiger partial charge in [0.1, 0.15) is 17.8 Å². The third kappa shape index (κ3) is 9.83. The largest absolute Gasteiger partial charge is 0.507 e. The molecule has 340 valence electrons. The summed E-state index contributed by atoms with van der Waals surface area (Å²) in [6.45, 7) is 8.38. The summed E-state index contributed by atoms with van der Waals surface area (Å²) in [5.41, 5.74) is 6.94. The van der Waals surface area contributed by atoms with E-state index in [1.807, 2.05) is 78.6 Å². The van der Waals surface area contributed by atoms with E-state index in [1.54, 1.807) is 31.3 Å². The topological polar surface area (TPSA) is 158 Å². The molecule has 14 heteroatoms. The summed E-state index contributed by atoms with van der Waals surface area (Å²) < 4.78 is 12.6. The maximum atomic E-state index is 14.5. The first kappa shape index (κ1) is 45.9. The van der Waals surface area contributed by atoms with Crippen molar-refractivity contribution in [2.45, 2.75) is 90.5 Å². The lowest BCUT2D eigenvalue weighted by molar-refractivity contribution is -0.150. The van der Waals surface area contributed by atoms with Gasteiger partial charge in [0.15, 0.2) is 0 Å². The summed E-state index contributed by atoms with van der Waals surface area (Å²) in [5.74, 6) is -0.628. The van der Waals surface area contributed by atoms with Gasteiger partial charge in [-0.05, 0) is 119 Å². The normalized spacial score (nSPS) is 23.5. The van der Waals surface area contributed by atoms with Crippen molar-refractivity contribution in [2.75, 3.05) is 26.6 Å². The van der Waals surface area contributed by atoms with Crippen LogP contribution in [0.25, 0.3) is 22.3 Å². The smallest absolute Gasteiger partial charge is 0.478 e. The number of benzene rings is 4. The van der Waals surface area contributed by atoms with Gasteiger partial charge in [-0.3, -0.25) is 19.2 Å². The van der Waals surface area contributed by atoms with Gasteiger partial charge in [0.2, 0.25) is 17.7 Å². The van der Waals surface area contributed by atoms with E-state index >= 15 is 0 Å². The first-order valence-corrected chi connectivity index (χ1v) is 23.3. The minimum absolute atomic E-state index is 0.00107. The molecule has 3 aliphatic carbocycles. The van der Waals surface area contributed by atoms with Crippen molar-refractivity contribution < 1.29 is 33.6 Å². The summed E-state index contributed by atoms with van der Waals surface area (Å²) >= 11 is 6.07. The number of aryl methyl sites for hydroxylation is 1. The van der Waals surface area contributed by atoms with Crippen molar-refractivity contribution in [3.05, 3.63) is 124 Å². The van der Waals surface area contributed by atoms with Crippen molar-refractivity contribution in [2.24, 2.45) is 17.3 Å². The Morgan fingerprint density at radius 3 is 2.38 bits per heavy atom. The molecule has 5 aliphatic rings. The highest BCUT2D eigenvalue weighted by Crippen LogP contribution is 2.61. The van der Waals surface area contributed by atoms with E-state index in [4.69, 9.17) is 20.9 Å². The molecule has 6 atom stereocenters. The Morgan fingerprint density at radius 2 is 1.68 bits per heavy atom. The number of nitrogens with zero attached hydrogens (tertiary/aromatic N) is 1. The van der Waals surface area contributed by atoms with Gasteiger partial charge in [0.05, 0.1) is 31.7 Å². The molecule has 3 saturated carbocycles. The maximum Gasteiger partial charge on any atom is 0.478 e. The number of hydrogen-bond donors (Lipinski definition) is 5. The lowest BCUT2D eigenvalue weighted by Crippen LogP contribution is -2.59. The van der Waals surface area contributed by atoms with Crippen LogP contribution in [-0.2, 0) is 36.5 Å². The van der Waals surface area contributed by atoms with E-state index < -0.39 is 36.9 Å². The quantitative estimate of drug-likeness (QED) is 0.0937. The first-order valence-electron chi connectivity index (χ1n) is 22.9. The predicted molar refractivity (Wildman–Crippen MR) is 253 cm³/mol. The SMILES string of the molecule is CC/C=C(\CNC(=O)c1ccc(-c2ccc(Cl)cc2)cc1)N(C)C1C(=O)NCC(=O)NC(C(=O)NCB2OC3CC4CC(C3O2)C4(C)C)Cc2ccc(O)c(c2)-c2cc1ccc2CCC. The van der Waals surface area contributed by atoms with E-state index in [0.29, 0.717) is 52.1 Å². The maximum absolute atomic E-state index is 14.5. The molecule has 9 rings (SSSR count). The number of fused-ring (bicyclic) bond motifs is 5. The molecular formula is C51H59BClN5O7. The van der Waals surface area contributed by atoms with E-state index in [0.717, 1.165) is 47.1 Å². The van der Waals surface area contributed by atoms with Crippen molar-refractivity contribution in [1.29, 1.82) is 0 Å². The van der Waals surface area contributed by atoms with E-state index in [1.165, 1.54) is 0 Å². The number of rotatable bonds is 12. The predicted octanol–water partition coefficient (Wildman–Crippen LogP) is 7.18. The molecular weight excluding hydrogens is 841 g/mol. The third-order valence-electron chi connectivity index (χ3n) is 14.0. The molecule has 6 unspecified atom stereocenters. The molecule has 4 fully saturated rings. The molecule has 0 radical (unpaired) electrons. The summed E-state index contributed by atoms with van der Waals surface area (Å²) in [7, 11) is 1.19. The van der Waals surface area contributed by atoms with Crippen LogP contribution in [0.4, 0.5) is 0 Å². The van der Waals surface area contributed by atoms with Gasteiger partial charge in [0, 0.05) is 35.3 Å². The zero-order chi connectivity index (χ0) is 46.0. The van der Waals surface area contributed by atoms with Crippen molar-refractivity contribution >= 4 is 42.3 Å². The number of nitrogens with one attached hydrogen (secondary N) is 4. The Labute approximate surface area is 387 Å². The highest BCUT2D eigenvalue weighted by molar-refractivity contribution is 6.45. The molecule has 4 aromatic rings. The standard InChI is InChI=1S/C51H59BClN5O7/c1-6-8-33-13-16-35-24-39(33)40-22-30(10-21-43(40)59)23-42(49(62)56-29-52-64-44-26-36-25-41(47(44)65-52)51(36,3)4)57-45(60)28-55-50(63)46(35)58(5)38(9-7-2)27-54-48(61)34-14-11-31(12-15-34)32-17-19-37(53)20-18-32/h9-22,24,36,41-42,44,46-47,59H,6-8,23,25-29H2,1-5H3,(H,54,61)(H,55,63)(H,56,62)(H,57,60)/b38-9+. The summed E-state index contributed by atoms with van der Waals surface area (Å²) in [4.78, 5) is 57.5. The van der Waals surface area contributed by atoms with Crippen LogP contribution in [0.1, 0.15) is 86.5 Å². The van der Waals surface area contributed by atoms with Crippen LogP contribution >= 0.6 is 11.6 Å². The van der Waals surface area contributed by atoms with Gasteiger partial charge in [-0.15, -0.1) is 0 Å². The number of hydrogen-bond acceptors (Lipinski definition) is 8. The van der Waals surface area contributed by atoms with Gasteiger partial charge >= 0.3 is 7.12 Å². The van der Waals surface area contributed by atoms with Crippen LogP contribution in [0.5, 0.6) is 5.75 Å². The van der Waals surface area contributed by atoms with E-state index in [9.17, 15) is 24.3 Å². The molecule has 4 aromatic carbocycles. The fourth-order valence-corrected chi connectivity index (χ4v) is 10.3. The van der Waals surface area contributed by atoms with Gasteiger partial charge < -0.3 is 40.6 Å². The molecule has 4 amide bonds. The Bertz CT molecular complexity index is 2460. The summed E-state index contributed by atoms with van der Waals surface area (Å²) in [5, 5.41) is 23.8. The molecule has 5 N–H and O–H groups in total. The fourth-order valence-electron chi connectivity index (χ4n) is 10.2. The molecule has 2 aliphatic heterocycles. The number of allylic oxidation sites excluding steroid dienone is 1. The highest BCUT2D eigenvalue weighted by Gasteiger charge is 2.62.